The van der Waals surface area contributed by atoms with Crippen LogP contribution in [0.1, 0.15) is 31.4 Å². The number of aryl methyl sites for hydroxylation is 1. The molecule has 0 fully saturated rings. The van der Waals surface area contributed by atoms with Gasteiger partial charge in [-0.05, 0) is 67.1 Å². The van der Waals surface area contributed by atoms with Crippen molar-refractivity contribution in [3.63, 3.8) is 0 Å². The Morgan fingerprint density at radius 1 is 1.03 bits per heavy atom. The average molecular weight is 466 g/mol. The average Bonchev–Trinajstić information content (AvgIpc) is 2.78. The van der Waals surface area contributed by atoms with Crippen molar-refractivity contribution in [2.75, 3.05) is 6.54 Å². The number of carboxylic acid groups (broad SMARTS) is 1. The first-order valence-corrected chi connectivity index (χ1v) is 12.3. The van der Waals surface area contributed by atoms with Gasteiger partial charge >= 0.3 is 5.97 Å². The summed E-state index contributed by atoms with van der Waals surface area (Å²) in [5, 5.41) is 9.48. The van der Waals surface area contributed by atoms with Crippen LogP contribution in [-0.4, -0.2) is 35.9 Å². The summed E-state index contributed by atoms with van der Waals surface area (Å²) >= 11 is 0. The third-order valence-corrected chi connectivity index (χ3v) is 7.60. The van der Waals surface area contributed by atoms with Crippen LogP contribution >= 0.6 is 0 Å². The van der Waals surface area contributed by atoms with Crippen molar-refractivity contribution in [2.24, 2.45) is 0 Å². The van der Waals surface area contributed by atoms with Gasteiger partial charge < -0.3 is 9.84 Å². The molecule has 1 heterocycles. The molecule has 4 rings (SSSR count). The van der Waals surface area contributed by atoms with Crippen molar-refractivity contribution in [1.82, 2.24) is 4.31 Å². The van der Waals surface area contributed by atoms with Gasteiger partial charge in [-0.3, -0.25) is 4.79 Å². The number of nitrogens with zero attached hydrogens (tertiary/aromatic N) is 1. The number of carbonyl (C=O) groups is 1. The predicted octanol–water partition coefficient (Wildman–Crippen LogP) is 4.73. The molecule has 0 saturated carbocycles. The zero-order chi connectivity index (χ0) is 23.6. The van der Waals surface area contributed by atoms with Crippen LogP contribution in [0.4, 0.5) is 0 Å². The largest absolute Gasteiger partial charge is 0.488 e. The fraction of sp³-hybridized carbons (Fsp3) is 0.269. The van der Waals surface area contributed by atoms with Crippen LogP contribution < -0.4 is 4.74 Å². The summed E-state index contributed by atoms with van der Waals surface area (Å²) in [7, 11) is -4.06. The highest BCUT2D eigenvalue weighted by molar-refractivity contribution is 7.89. The highest BCUT2D eigenvalue weighted by Gasteiger charge is 2.31. The summed E-state index contributed by atoms with van der Waals surface area (Å²) in [6.07, 6.45) is 1.47. The summed E-state index contributed by atoms with van der Waals surface area (Å²) < 4.78 is 34.1. The third kappa shape index (κ3) is 5.10. The lowest BCUT2D eigenvalue weighted by molar-refractivity contribution is -0.137. The van der Waals surface area contributed by atoms with E-state index in [0.717, 1.165) is 33.0 Å². The van der Waals surface area contributed by atoms with E-state index in [1.165, 1.54) is 6.07 Å². The van der Waals surface area contributed by atoms with E-state index in [2.05, 4.69) is 0 Å². The molecule has 0 saturated heterocycles. The van der Waals surface area contributed by atoms with Gasteiger partial charge in [0.1, 0.15) is 17.9 Å². The first-order valence-electron chi connectivity index (χ1n) is 10.8. The molecule has 1 aliphatic heterocycles. The van der Waals surface area contributed by atoms with Crippen LogP contribution in [0.15, 0.2) is 77.7 Å². The topological polar surface area (TPSA) is 83.9 Å². The van der Waals surface area contributed by atoms with E-state index in [1.54, 1.807) is 12.1 Å². The predicted molar refractivity (Wildman–Crippen MR) is 127 cm³/mol. The molecule has 0 amide bonds. The second-order valence-corrected chi connectivity index (χ2v) is 10.8. The minimum atomic E-state index is -4.06. The molecular weight excluding hydrogens is 438 g/mol. The molecule has 33 heavy (non-hydrogen) atoms. The lowest BCUT2D eigenvalue weighted by Crippen LogP contribution is -2.36. The Labute approximate surface area is 194 Å². The normalized spacial score (nSPS) is 15.0. The lowest BCUT2D eigenvalue weighted by Gasteiger charge is -2.33. The zero-order valence-corrected chi connectivity index (χ0v) is 19.5. The van der Waals surface area contributed by atoms with E-state index in [4.69, 9.17) is 4.74 Å². The standard InChI is InChI=1S/C26H27NO5S/c1-26(2)15-14-20-16-22(12-13-24(20)32-26)33(30,31)27(18-25(28)29)17-21-10-6-7-11-23(21)19-8-4-3-5-9-19/h3-13,16H,14-15,17-18H2,1-2H3,(H,28,29). The quantitative estimate of drug-likeness (QED) is 0.545. The maximum absolute atomic E-state index is 13.6. The van der Waals surface area contributed by atoms with Gasteiger partial charge in [0.15, 0.2) is 0 Å². The Bertz CT molecular complexity index is 1270. The Balaban J connectivity index is 1.70. The van der Waals surface area contributed by atoms with Crippen LogP contribution in [0.25, 0.3) is 11.1 Å². The molecule has 0 unspecified atom stereocenters. The SMILES string of the molecule is CC1(C)CCc2cc(S(=O)(=O)N(CC(=O)O)Cc3ccccc3-c3ccccc3)ccc2O1. The summed E-state index contributed by atoms with van der Waals surface area (Å²) in [6.45, 7) is 3.31. The van der Waals surface area contributed by atoms with Gasteiger partial charge in [0, 0.05) is 6.54 Å². The van der Waals surface area contributed by atoms with Crippen LogP contribution in [-0.2, 0) is 27.8 Å². The summed E-state index contributed by atoms with van der Waals surface area (Å²) in [6, 6.07) is 21.8. The van der Waals surface area contributed by atoms with Crippen molar-refractivity contribution in [3.8, 4) is 16.9 Å². The molecule has 0 radical (unpaired) electrons. The molecule has 3 aromatic carbocycles. The van der Waals surface area contributed by atoms with E-state index < -0.39 is 22.5 Å². The molecular formula is C26H27NO5S. The van der Waals surface area contributed by atoms with Gasteiger partial charge in [-0.2, -0.15) is 4.31 Å². The third-order valence-electron chi connectivity index (χ3n) is 5.81. The van der Waals surface area contributed by atoms with Gasteiger partial charge in [-0.15, -0.1) is 0 Å². The van der Waals surface area contributed by atoms with E-state index in [-0.39, 0.29) is 17.0 Å². The minimum absolute atomic E-state index is 0.0552. The summed E-state index contributed by atoms with van der Waals surface area (Å²) in [5.41, 5.74) is 3.05. The van der Waals surface area contributed by atoms with E-state index in [0.29, 0.717) is 12.2 Å². The smallest absolute Gasteiger partial charge is 0.318 e. The number of sulfonamides is 1. The van der Waals surface area contributed by atoms with E-state index in [1.807, 2.05) is 68.4 Å². The Kier molecular flexibility index (Phi) is 6.28. The molecule has 6 nitrogen and oxygen atoms in total. The molecule has 0 bridgehead atoms. The van der Waals surface area contributed by atoms with Gasteiger partial charge in [0.25, 0.3) is 0 Å². The zero-order valence-electron chi connectivity index (χ0n) is 18.7. The van der Waals surface area contributed by atoms with Crippen molar-refractivity contribution in [1.29, 1.82) is 0 Å². The fourth-order valence-electron chi connectivity index (χ4n) is 4.07. The van der Waals surface area contributed by atoms with Crippen LogP contribution in [0.3, 0.4) is 0 Å². The highest BCUT2D eigenvalue weighted by Crippen LogP contribution is 2.35. The lowest BCUT2D eigenvalue weighted by atomic mass is 9.94. The molecule has 3 aromatic rings. The maximum Gasteiger partial charge on any atom is 0.318 e. The number of fused-ring (bicyclic) bond motifs is 1. The number of hydrogen-bond acceptors (Lipinski definition) is 4. The van der Waals surface area contributed by atoms with Gasteiger partial charge in [0.05, 0.1) is 4.90 Å². The van der Waals surface area contributed by atoms with Crippen molar-refractivity contribution in [3.05, 3.63) is 83.9 Å². The van der Waals surface area contributed by atoms with Crippen molar-refractivity contribution >= 4 is 16.0 Å². The molecule has 7 heteroatoms. The van der Waals surface area contributed by atoms with E-state index >= 15 is 0 Å². The number of aliphatic carboxylic acids is 1. The summed E-state index contributed by atoms with van der Waals surface area (Å²) in [4.78, 5) is 11.7. The number of benzene rings is 3. The first kappa shape index (κ1) is 23.0. The number of carboxylic acids is 1. The monoisotopic (exact) mass is 465 g/mol. The van der Waals surface area contributed by atoms with Crippen LogP contribution in [0, 0.1) is 0 Å². The fourth-order valence-corrected chi connectivity index (χ4v) is 5.49. The Morgan fingerprint density at radius 2 is 1.73 bits per heavy atom. The van der Waals surface area contributed by atoms with Crippen molar-refractivity contribution in [2.45, 2.75) is 43.7 Å². The van der Waals surface area contributed by atoms with E-state index in [9.17, 15) is 18.3 Å². The maximum atomic E-state index is 13.6. The van der Waals surface area contributed by atoms with Crippen LogP contribution in [0.5, 0.6) is 5.75 Å². The second kappa shape index (κ2) is 9.00. The summed E-state index contributed by atoms with van der Waals surface area (Å²) in [5.74, 6) is -0.539. The molecule has 0 atom stereocenters. The molecule has 0 aromatic heterocycles. The van der Waals surface area contributed by atoms with Crippen LogP contribution in [0.2, 0.25) is 0 Å². The van der Waals surface area contributed by atoms with Crippen molar-refractivity contribution < 1.29 is 23.1 Å². The van der Waals surface area contributed by atoms with Gasteiger partial charge in [0.2, 0.25) is 10.0 Å². The number of ether oxygens (including phenoxy) is 1. The molecule has 1 aliphatic rings. The Morgan fingerprint density at radius 3 is 2.45 bits per heavy atom. The first-order chi connectivity index (χ1) is 15.7. The van der Waals surface area contributed by atoms with Gasteiger partial charge in [-0.25, -0.2) is 8.42 Å². The molecule has 0 spiro atoms. The second-order valence-electron chi connectivity index (χ2n) is 8.82. The molecule has 1 N–H and O–H groups in total. The molecule has 172 valence electrons. The minimum Gasteiger partial charge on any atom is -0.488 e. The van der Waals surface area contributed by atoms with Gasteiger partial charge in [-0.1, -0.05) is 54.6 Å². The Hall–Kier alpha value is -3.16. The number of rotatable bonds is 7. The number of hydrogen-bond donors (Lipinski definition) is 1. The molecule has 0 aliphatic carbocycles. The highest BCUT2D eigenvalue weighted by atomic mass is 32.2.